The zero-order valence-corrected chi connectivity index (χ0v) is 17.7. The minimum absolute atomic E-state index is 0.137. The minimum Gasteiger partial charge on any atom is -0.454 e. The van der Waals surface area contributed by atoms with Gasteiger partial charge in [0, 0.05) is 23.6 Å². The highest BCUT2D eigenvalue weighted by Gasteiger charge is 2.55. The number of hydrogen-bond acceptors (Lipinski definition) is 4. The molecule has 5 nitrogen and oxygen atoms in total. The number of amides is 1. The molecule has 1 saturated carbocycles. The molecule has 2 heterocycles. The van der Waals surface area contributed by atoms with E-state index in [9.17, 15) is 9.00 Å². The monoisotopic (exact) mass is 423 g/mol. The maximum absolute atomic E-state index is 13.2. The van der Waals surface area contributed by atoms with Crippen LogP contribution in [-0.4, -0.2) is 34.1 Å². The van der Waals surface area contributed by atoms with Gasteiger partial charge in [-0.15, -0.1) is 0 Å². The summed E-state index contributed by atoms with van der Waals surface area (Å²) >= 11 is 0. The zero-order valence-electron chi connectivity index (χ0n) is 16.8. The Morgan fingerprint density at radius 1 is 1.13 bits per heavy atom. The fourth-order valence-corrected chi connectivity index (χ4v) is 6.25. The molecule has 1 saturated heterocycles. The van der Waals surface area contributed by atoms with Gasteiger partial charge in [-0.2, -0.15) is 0 Å². The molecule has 0 radical (unpaired) electrons. The van der Waals surface area contributed by atoms with Crippen molar-refractivity contribution in [2.24, 2.45) is 5.92 Å². The van der Waals surface area contributed by atoms with E-state index in [-0.39, 0.29) is 18.6 Å². The minimum atomic E-state index is -1.15. The Balaban J connectivity index is 1.49. The van der Waals surface area contributed by atoms with E-state index in [2.05, 4.69) is 12.6 Å². The molecular weight excluding hydrogens is 398 g/mol. The van der Waals surface area contributed by atoms with Gasteiger partial charge in [-0.3, -0.25) is 9.00 Å². The summed E-state index contributed by atoms with van der Waals surface area (Å²) in [7, 11) is -1.15. The van der Waals surface area contributed by atoms with Crippen molar-refractivity contribution in [2.75, 3.05) is 19.1 Å². The fraction of sp³-hybridized carbons (Fsp3) is 0.375. The zero-order chi connectivity index (χ0) is 20.7. The molecule has 156 valence electrons. The molecule has 2 fully saturated rings. The van der Waals surface area contributed by atoms with Gasteiger partial charge in [0.2, 0.25) is 12.7 Å². The molecule has 0 N–H and O–H groups in total. The quantitative estimate of drug-likeness (QED) is 0.682. The Labute approximate surface area is 179 Å². The lowest BCUT2D eigenvalue weighted by Crippen LogP contribution is -2.49. The SMILES string of the molecule is C=C1CC[C@H]2CC(=O)N(CCS(=O)c3ccccc3)[C@@]2(c2ccc3c(c2)OCO3)C1. The van der Waals surface area contributed by atoms with Crippen LogP contribution in [0, 0.1) is 5.92 Å². The maximum atomic E-state index is 13.2. The van der Waals surface area contributed by atoms with E-state index in [1.54, 1.807) is 0 Å². The van der Waals surface area contributed by atoms with E-state index >= 15 is 0 Å². The number of hydrogen-bond donors (Lipinski definition) is 0. The highest BCUT2D eigenvalue weighted by molar-refractivity contribution is 7.85. The summed E-state index contributed by atoms with van der Waals surface area (Å²) in [4.78, 5) is 15.9. The predicted octanol–water partition coefficient (Wildman–Crippen LogP) is 4.01. The van der Waals surface area contributed by atoms with Crippen LogP contribution >= 0.6 is 0 Å². The van der Waals surface area contributed by atoms with E-state index in [1.807, 2.05) is 47.4 Å². The third-order valence-electron chi connectivity index (χ3n) is 6.62. The number of ether oxygens (including phenoxy) is 2. The van der Waals surface area contributed by atoms with Gasteiger partial charge in [-0.25, -0.2) is 0 Å². The van der Waals surface area contributed by atoms with E-state index in [1.165, 1.54) is 0 Å². The summed E-state index contributed by atoms with van der Waals surface area (Å²) in [6.07, 6.45) is 3.16. The molecule has 2 aromatic carbocycles. The number of nitrogens with zero attached hydrogens (tertiary/aromatic N) is 1. The molecule has 1 aliphatic carbocycles. The van der Waals surface area contributed by atoms with Gasteiger partial charge in [0.25, 0.3) is 0 Å². The lowest BCUT2D eigenvalue weighted by atomic mass is 9.68. The van der Waals surface area contributed by atoms with Gasteiger partial charge in [0.1, 0.15) is 0 Å². The van der Waals surface area contributed by atoms with Crippen LogP contribution in [0.4, 0.5) is 0 Å². The summed E-state index contributed by atoms with van der Waals surface area (Å²) in [5, 5.41) is 0. The molecule has 2 aromatic rings. The molecule has 1 unspecified atom stereocenters. The Morgan fingerprint density at radius 3 is 2.77 bits per heavy atom. The molecule has 3 atom stereocenters. The van der Waals surface area contributed by atoms with Crippen LogP contribution in [0.5, 0.6) is 11.5 Å². The van der Waals surface area contributed by atoms with Crippen molar-refractivity contribution < 1.29 is 18.5 Å². The molecule has 0 spiro atoms. The van der Waals surface area contributed by atoms with Crippen molar-refractivity contribution >= 4 is 16.7 Å². The van der Waals surface area contributed by atoms with Gasteiger partial charge in [0.05, 0.1) is 16.3 Å². The summed E-state index contributed by atoms with van der Waals surface area (Å²) < 4.78 is 24.0. The first kappa shape index (κ1) is 19.4. The Bertz CT molecular complexity index is 1020. The van der Waals surface area contributed by atoms with Crippen LogP contribution in [0.15, 0.2) is 65.6 Å². The molecule has 1 amide bonds. The summed E-state index contributed by atoms with van der Waals surface area (Å²) in [6, 6.07) is 15.5. The molecule has 0 bridgehead atoms. The molecule has 30 heavy (non-hydrogen) atoms. The number of fused-ring (bicyclic) bond motifs is 2. The standard InChI is InChI=1S/C24H25NO4S/c1-17-7-8-19-14-23(26)25(11-12-30(27)20-5-3-2-4-6-20)24(19,15-17)18-9-10-21-22(13-18)29-16-28-21/h2-6,9-10,13,19H,1,7-8,11-12,14-16H2/t19-,24+,30?/m0/s1. The lowest BCUT2D eigenvalue weighted by Gasteiger charge is -2.46. The van der Waals surface area contributed by atoms with Crippen LogP contribution in [0.2, 0.25) is 0 Å². The average molecular weight is 424 g/mol. The van der Waals surface area contributed by atoms with Crippen LogP contribution in [0.1, 0.15) is 31.2 Å². The van der Waals surface area contributed by atoms with Crippen molar-refractivity contribution in [3.63, 3.8) is 0 Å². The van der Waals surface area contributed by atoms with E-state index < -0.39 is 16.3 Å². The fourth-order valence-electron chi connectivity index (χ4n) is 5.21. The highest BCUT2D eigenvalue weighted by Crippen LogP contribution is 2.54. The second-order valence-corrected chi connectivity index (χ2v) is 9.84. The summed E-state index contributed by atoms with van der Waals surface area (Å²) in [6.45, 7) is 4.95. The first-order valence-corrected chi connectivity index (χ1v) is 11.7. The predicted molar refractivity (Wildman–Crippen MR) is 115 cm³/mol. The molecule has 5 rings (SSSR count). The number of likely N-dealkylation sites (tertiary alicyclic amines) is 1. The van der Waals surface area contributed by atoms with Crippen molar-refractivity contribution in [1.82, 2.24) is 4.90 Å². The summed E-state index contributed by atoms with van der Waals surface area (Å²) in [5.41, 5.74) is 1.77. The Hall–Kier alpha value is -2.60. The van der Waals surface area contributed by atoms with Crippen molar-refractivity contribution in [3.05, 3.63) is 66.2 Å². The van der Waals surface area contributed by atoms with Crippen molar-refractivity contribution in [2.45, 2.75) is 36.1 Å². The highest BCUT2D eigenvalue weighted by atomic mass is 32.2. The van der Waals surface area contributed by atoms with Crippen LogP contribution in [-0.2, 0) is 21.1 Å². The first-order valence-electron chi connectivity index (χ1n) is 10.4. The van der Waals surface area contributed by atoms with Crippen LogP contribution in [0.3, 0.4) is 0 Å². The van der Waals surface area contributed by atoms with Crippen LogP contribution < -0.4 is 9.47 Å². The molecule has 3 aliphatic rings. The molecule has 0 aromatic heterocycles. The van der Waals surface area contributed by atoms with Crippen molar-refractivity contribution in [3.8, 4) is 11.5 Å². The van der Waals surface area contributed by atoms with E-state index in [4.69, 9.17) is 9.47 Å². The van der Waals surface area contributed by atoms with E-state index in [0.717, 1.165) is 46.8 Å². The number of rotatable bonds is 5. The average Bonchev–Trinajstić information content (AvgIpc) is 3.34. The topological polar surface area (TPSA) is 55.8 Å². The normalized spacial score (nSPS) is 26.0. The van der Waals surface area contributed by atoms with E-state index in [0.29, 0.717) is 18.7 Å². The Kier molecular flexibility index (Phi) is 4.89. The molecule has 2 aliphatic heterocycles. The maximum Gasteiger partial charge on any atom is 0.231 e. The largest absolute Gasteiger partial charge is 0.454 e. The third kappa shape index (κ3) is 3.14. The summed E-state index contributed by atoms with van der Waals surface area (Å²) in [5.74, 6) is 2.24. The third-order valence-corrected chi connectivity index (χ3v) is 7.98. The lowest BCUT2D eigenvalue weighted by molar-refractivity contribution is -0.131. The van der Waals surface area contributed by atoms with Gasteiger partial charge < -0.3 is 14.4 Å². The van der Waals surface area contributed by atoms with Gasteiger partial charge in [0.15, 0.2) is 11.5 Å². The smallest absolute Gasteiger partial charge is 0.231 e. The van der Waals surface area contributed by atoms with Crippen LogP contribution in [0.25, 0.3) is 0 Å². The van der Waals surface area contributed by atoms with Gasteiger partial charge in [-0.05, 0) is 55.0 Å². The second kappa shape index (κ2) is 7.58. The molecular formula is C24H25NO4S. The number of benzene rings is 2. The number of carbonyl (C=O) groups is 1. The molecule has 6 heteroatoms. The van der Waals surface area contributed by atoms with Gasteiger partial charge in [-0.1, -0.05) is 36.4 Å². The number of carbonyl (C=O) groups excluding carboxylic acids is 1. The first-order chi connectivity index (χ1) is 14.6. The van der Waals surface area contributed by atoms with Gasteiger partial charge >= 0.3 is 0 Å². The van der Waals surface area contributed by atoms with Crippen molar-refractivity contribution in [1.29, 1.82) is 0 Å². The second-order valence-electron chi connectivity index (χ2n) is 8.27. The Morgan fingerprint density at radius 2 is 1.93 bits per heavy atom.